The van der Waals surface area contributed by atoms with Gasteiger partial charge < -0.3 is 30.5 Å². The Hall–Kier alpha value is -3.42. The van der Waals surface area contributed by atoms with Crippen LogP contribution >= 0.6 is 40.2 Å². The fourth-order valence-corrected chi connectivity index (χ4v) is 15.1. The molecule has 3 amide bonds. The molecule has 1 fully saturated rings. The van der Waals surface area contributed by atoms with E-state index in [1.165, 1.54) is 21.8 Å². The molecule has 11 nitrogen and oxygen atoms in total. The molecule has 2 heterocycles. The molecule has 15 heteroatoms. The summed E-state index contributed by atoms with van der Waals surface area (Å²) in [5, 5.41) is 28.2. The second-order valence-corrected chi connectivity index (χ2v) is 25.8. The van der Waals surface area contributed by atoms with Crippen molar-refractivity contribution in [2.24, 2.45) is 17.8 Å². The van der Waals surface area contributed by atoms with Gasteiger partial charge >= 0.3 is 5.97 Å². The van der Waals surface area contributed by atoms with E-state index in [1.54, 1.807) is 58.2 Å². The topological polar surface area (TPSA) is 158 Å². The number of hydrogen-bond donors (Lipinski definition) is 4. The number of nitrogens with zero attached hydrogens (tertiary/aromatic N) is 2. The van der Waals surface area contributed by atoms with Gasteiger partial charge in [-0.3, -0.25) is 19.2 Å². The third kappa shape index (κ3) is 16.1. The van der Waals surface area contributed by atoms with E-state index in [1.807, 2.05) is 17.9 Å². The third-order valence-electron chi connectivity index (χ3n) is 12.7. The average molecular weight is 970 g/mol. The summed E-state index contributed by atoms with van der Waals surface area (Å²) in [5.41, 5.74) is 2.20. The highest BCUT2D eigenvalue weighted by molar-refractivity contribution is 8.76. The number of phenols is 1. The molecule has 1 aliphatic rings. The Morgan fingerprint density at radius 2 is 1.66 bits per heavy atom. The number of nitrogens with one attached hydrogen (secondary N) is 2. The number of rotatable bonds is 26. The Kier molecular flexibility index (Phi) is 22.3. The lowest BCUT2D eigenvalue weighted by Gasteiger charge is -2.40. The van der Waals surface area contributed by atoms with Crippen molar-refractivity contribution in [1.29, 1.82) is 0 Å². The van der Waals surface area contributed by atoms with Crippen molar-refractivity contribution < 1.29 is 34.1 Å². The van der Waals surface area contributed by atoms with Gasteiger partial charge in [-0.1, -0.05) is 106 Å². The first-order valence-electron chi connectivity index (χ1n) is 23.3. The summed E-state index contributed by atoms with van der Waals surface area (Å²) < 4.78 is 6.38. The highest BCUT2D eigenvalue weighted by Gasteiger charge is 2.49. The van der Waals surface area contributed by atoms with Crippen molar-refractivity contribution in [3.63, 3.8) is 0 Å². The van der Waals surface area contributed by atoms with Gasteiger partial charge in [-0.05, 0) is 98.9 Å². The van der Waals surface area contributed by atoms with Crippen LogP contribution in [0.4, 0.5) is 0 Å². The molecule has 4 rings (SSSR count). The number of allylic oxidation sites excluding steroid dienone is 1. The first-order valence-corrected chi connectivity index (χ1v) is 29.4. The van der Waals surface area contributed by atoms with Crippen molar-refractivity contribution in [3.05, 3.63) is 87.9 Å². The van der Waals surface area contributed by atoms with Gasteiger partial charge in [0.1, 0.15) is 34.3 Å². The number of carboxylic acid groups (broad SMARTS) is 1. The van der Waals surface area contributed by atoms with E-state index in [2.05, 4.69) is 88.5 Å². The van der Waals surface area contributed by atoms with E-state index >= 15 is 4.79 Å². The van der Waals surface area contributed by atoms with Gasteiger partial charge in [0.15, 0.2) is 0 Å². The van der Waals surface area contributed by atoms with Crippen molar-refractivity contribution in [2.75, 3.05) is 32.2 Å². The van der Waals surface area contributed by atoms with Crippen LogP contribution in [0.1, 0.15) is 126 Å². The number of aromatic hydroxyl groups is 1. The molecule has 8 atom stereocenters. The highest BCUT2D eigenvalue weighted by Crippen LogP contribution is 2.66. The number of aromatic nitrogens is 1. The van der Waals surface area contributed by atoms with Crippen LogP contribution in [0.5, 0.6) is 5.75 Å². The smallest absolute Gasteiger partial charge is 0.306 e. The van der Waals surface area contributed by atoms with Crippen LogP contribution in [-0.2, 0) is 31.7 Å². The van der Waals surface area contributed by atoms with E-state index < -0.39 is 43.2 Å². The number of benzene rings is 2. The number of amides is 3. The summed E-state index contributed by atoms with van der Waals surface area (Å²) in [4.78, 5) is 63.4. The number of carbonyl (C=O) groups is 4. The predicted octanol–water partition coefficient (Wildman–Crippen LogP) is 10.9. The minimum absolute atomic E-state index is 0.00222. The quantitative estimate of drug-likeness (QED) is 0.0347. The number of carbonyl (C=O) groups excluding carboxylic acids is 3. The Balaban J connectivity index is 1.59. The molecule has 2 aromatic carbocycles. The number of thiazole rings is 1. The molecular weight excluding hydrogens is 896 g/mol. The molecule has 0 aliphatic carbocycles. The SMILES string of the molecule is CC/C=C/CN(C(=O)[C@@H](NC(=O)[C@H]1CCCC[P+]1(C)Cc1ccc(SSC)cc1)C(C)CC)[C@H](C[C@@H](OCC)c1nc(C(=O)N[C@@H](Cc2ccc(O)cc2)C[C@H](C)C(=O)O)cs1)C(C)C. The zero-order chi connectivity index (χ0) is 47.7. The molecule has 0 bridgehead atoms. The lowest BCUT2D eigenvalue weighted by molar-refractivity contribution is -0.141. The third-order valence-corrected chi connectivity index (χ3v) is 19.8. The first kappa shape index (κ1) is 54.2. The molecule has 65 heavy (non-hydrogen) atoms. The monoisotopic (exact) mass is 969 g/mol. The summed E-state index contributed by atoms with van der Waals surface area (Å²) in [6, 6.07) is 13.9. The molecule has 1 saturated heterocycles. The minimum atomic E-state index is -1.73. The summed E-state index contributed by atoms with van der Waals surface area (Å²) in [5.74, 6) is -2.14. The molecule has 0 radical (unpaired) electrons. The Bertz CT molecular complexity index is 2000. The van der Waals surface area contributed by atoms with Gasteiger partial charge in [-0.15, -0.1) is 11.3 Å². The fraction of sp³-hybridized carbons (Fsp3) is 0.580. The predicted molar refractivity (Wildman–Crippen MR) is 272 cm³/mol. The van der Waals surface area contributed by atoms with E-state index in [0.717, 1.165) is 50.0 Å². The van der Waals surface area contributed by atoms with Crippen molar-refractivity contribution >= 4 is 63.9 Å². The zero-order valence-corrected chi connectivity index (χ0v) is 43.3. The molecule has 1 aliphatic heterocycles. The molecule has 1 aromatic heterocycles. The molecule has 4 N–H and O–H groups in total. The minimum Gasteiger partial charge on any atom is -0.508 e. The lowest BCUT2D eigenvalue weighted by Crippen LogP contribution is -2.57. The molecule has 2 unspecified atom stereocenters. The second kappa shape index (κ2) is 26.8. The Morgan fingerprint density at radius 3 is 2.28 bits per heavy atom. The van der Waals surface area contributed by atoms with E-state index in [9.17, 15) is 24.6 Å². The van der Waals surface area contributed by atoms with Crippen LogP contribution < -0.4 is 10.6 Å². The van der Waals surface area contributed by atoms with E-state index in [4.69, 9.17) is 9.72 Å². The lowest BCUT2D eigenvalue weighted by atomic mass is 9.92. The summed E-state index contributed by atoms with van der Waals surface area (Å²) in [6.07, 6.45) is 13.1. The van der Waals surface area contributed by atoms with Crippen LogP contribution in [0.25, 0.3) is 0 Å². The van der Waals surface area contributed by atoms with Crippen LogP contribution in [0.2, 0.25) is 0 Å². The molecule has 358 valence electrons. The number of phenolic OH excluding ortho intramolecular Hbond substituents is 1. The van der Waals surface area contributed by atoms with Gasteiger partial charge in [0.2, 0.25) is 5.91 Å². The largest absolute Gasteiger partial charge is 0.508 e. The number of ether oxygens (including phenoxy) is 1. The molecule has 3 aromatic rings. The first-order chi connectivity index (χ1) is 31.0. The normalized spacial score (nSPS) is 19.3. The fourth-order valence-electron chi connectivity index (χ4n) is 8.76. The zero-order valence-electron chi connectivity index (χ0n) is 40.0. The van der Waals surface area contributed by atoms with Crippen LogP contribution in [-0.4, -0.2) is 99.8 Å². The number of aliphatic carboxylic acids is 1. The van der Waals surface area contributed by atoms with Crippen LogP contribution in [0.3, 0.4) is 0 Å². The van der Waals surface area contributed by atoms with Crippen LogP contribution in [0.15, 0.2) is 71.0 Å². The van der Waals surface area contributed by atoms with Crippen molar-refractivity contribution in [3.8, 4) is 5.75 Å². The Morgan fingerprint density at radius 1 is 0.969 bits per heavy atom. The van der Waals surface area contributed by atoms with Crippen molar-refractivity contribution in [1.82, 2.24) is 20.5 Å². The maximum absolute atomic E-state index is 15.2. The van der Waals surface area contributed by atoms with Crippen molar-refractivity contribution in [2.45, 2.75) is 141 Å². The van der Waals surface area contributed by atoms with E-state index in [0.29, 0.717) is 31.0 Å². The standard InChI is InChI=1S/C50H73N4O7PS3/c1-10-13-15-26-54(49(58)45(34(6)11-2)53-47(57)44-17-14-16-27-62(44,8)31-37-20-24-40(25-21-37)65-63-9)42(33(4)5)30-43(61-12-3)48-52-41(32-64-48)46(56)51-38(28-35(7)50(59)60)29-36-18-22-39(55)23-19-36/h13,15,18-25,32-35,38,42-45H,10-12,14,16-17,26-31H2,1-9H3,(H3-,51,53,55,56,57,59,60)/p+1/b15-13+/t34?,35-,38+,42+,43+,44+,45-,62?/m0/s1. The average Bonchev–Trinajstić information content (AvgIpc) is 3.78. The number of hydrogen-bond acceptors (Lipinski definition) is 10. The molecule has 0 saturated carbocycles. The molecular formula is C50H74N4O7PS3+. The van der Waals surface area contributed by atoms with Gasteiger partial charge in [0, 0.05) is 55.9 Å². The van der Waals surface area contributed by atoms with E-state index in [-0.39, 0.29) is 53.2 Å². The van der Waals surface area contributed by atoms with Gasteiger partial charge in [-0.25, -0.2) is 4.98 Å². The molecule has 0 spiro atoms. The highest BCUT2D eigenvalue weighted by atomic mass is 33.1. The maximum Gasteiger partial charge on any atom is 0.306 e. The number of carboxylic acids is 1. The van der Waals surface area contributed by atoms with Gasteiger partial charge in [-0.2, -0.15) is 0 Å². The van der Waals surface area contributed by atoms with Gasteiger partial charge in [0.05, 0.1) is 18.2 Å². The van der Waals surface area contributed by atoms with Crippen LogP contribution in [0, 0.1) is 17.8 Å². The Labute approximate surface area is 400 Å². The van der Waals surface area contributed by atoms with Gasteiger partial charge in [0.25, 0.3) is 11.8 Å². The maximum atomic E-state index is 15.2. The summed E-state index contributed by atoms with van der Waals surface area (Å²) >= 11 is 1.32. The summed E-state index contributed by atoms with van der Waals surface area (Å²) in [7, 11) is 1.74. The second-order valence-electron chi connectivity index (χ2n) is 18.1. The summed E-state index contributed by atoms with van der Waals surface area (Å²) in [6.45, 7) is 17.0.